The van der Waals surface area contributed by atoms with Crippen molar-refractivity contribution in [3.8, 4) is 16.3 Å². The van der Waals surface area contributed by atoms with Crippen LogP contribution in [0.4, 0.5) is 10.2 Å². The molecule has 8 heteroatoms. The van der Waals surface area contributed by atoms with Gasteiger partial charge in [0.05, 0.1) is 0 Å². The van der Waals surface area contributed by atoms with Gasteiger partial charge in [-0.15, -0.1) is 10.2 Å². The summed E-state index contributed by atoms with van der Waals surface area (Å²) >= 11 is 1.46. The average molecular weight is 394 g/mol. The van der Waals surface area contributed by atoms with Gasteiger partial charge in [-0.2, -0.15) is 0 Å². The highest BCUT2D eigenvalue weighted by Gasteiger charge is 2.09. The molecule has 0 aliphatic heterocycles. The summed E-state index contributed by atoms with van der Waals surface area (Å²) in [5.74, 6) is 0.483. The van der Waals surface area contributed by atoms with Crippen molar-refractivity contribution in [3.05, 3.63) is 65.8 Å². The third-order valence-electron chi connectivity index (χ3n) is 3.99. The summed E-state index contributed by atoms with van der Waals surface area (Å²) < 4.78 is 17.8. The number of amides is 1. The molecule has 140 valence electrons. The van der Waals surface area contributed by atoms with E-state index < -0.39 is 6.36 Å². The van der Waals surface area contributed by atoms with Crippen LogP contribution in [0.3, 0.4) is 0 Å². The second-order valence-corrected chi connectivity index (χ2v) is 6.85. The van der Waals surface area contributed by atoms with Crippen LogP contribution in [0.1, 0.15) is 17.3 Å². The lowest BCUT2D eigenvalue weighted by Gasteiger charge is -2.09. The minimum absolute atomic E-state index is 0.313. The van der Waals surface area contributed by atoms with Crippen molar-refractivity contribution >= 4 is 33.8 Å². The third-order valence-corrected chi connectivity index (χ3v) is 4.73. The van der Waals surface area contributed by atoms with E-state index in [-0.39, 0.29) is 5.91 Å². The Balaban J connectivity index is 1.54. The molecule has 1 amide bonds. The first-order chi connectivity index (χ1) is 13.6. The molecule has 1 atom stereocenters. The smallest absolute Gasteiger partial charge is 0.256 e. The number of carbonyl (C=O) groups excluding carboxylic acids is 1. The first-order valence-corrected chi connectivity index (χ1v) is 9.35. The van der Waals surface area contributed by atoms with Crippen molar-refractivity contribution in [2.75, 3.05) is 5.32 Å². The number of benzene rings is 2. The highest BCUT2D eigenvalue weighted by Crippen LogP contribution is 2.26. The molecular formula is C20H15FN4O2S. The van der Waals surface area contributed by atoms with Crippen molar-refractivity contribution in [3.63, 3.8) is 0 Å². The number of carbonyl (C=O) groups is 1. The van der Waals surface area contributed by atoms with E-state index >= 15 is 0 Å². The van der Waals surface area contributed by atoms with E-state index in [0.717, 1.165) is 21.3 Å². The van der Waals surface area contributed by atoms with Crippen molar-refractivity contribution in [1.82, 2.24) is 15.2 Å². The maximum atomic E-state index is 12.9. The van der Waals surface area contributed by atoms with Gasteiger partial charge in [0.2, 0.25) is 6.36 Å². The SMILES string of the molecule is CC(F)Oc1ccc(C(=O)Nc2cc3cc(-c4nncs4)ccc3cn2)cc1. The number of halogens is 1. The largest absolute Gasteiger partial charge is 0.461 e. The molecule has 2 aromatic heterocycles. The van der Waals surface area contributed by atoms with Gasteiger partial charge >= 0.3 is 0 Å². The second-order valence-electron chi connectivity index (χ2n) is 6.01. The monoisotopic (exact) mass is 394 g/mol. The number of hydrogen-bond donors (Lipinski definition) is 1. The fourth-order valence-electron chi connectivity index (χ4n) is 2.70. The van der Waals surface area contributed by atoms with E-state index in [1.165, 1.54) is 18.3 Å². The molecule has 0 saturated carbocycles. The van der Waals surface area contributed by atoms with Crippen LogP contribution in [-0.2, 0) is 0 Å². The number of hydrogen-bond acceptors (Lipinski definition) is 6. The summed E-state index contributed by atoms with van der Waals surface area (Å²) in [6.45, 7) is 1.29. The number of fused-ring (bicyclic) bond motifs is 1. The number of nitrogens with zero attached hydrogens (tertiary/aromatic N) is 3. The molecular weight excluding hydrogens is 379 g/mol. The molecule has 1 unspecified atom stereocenters. The highest BCUT2D eigenvalue weighted by molar-refractivity contribution is 7.12. The van der Waals surface area contributed by atoms with Crippen LogP contribution in [-0.4, -0.2) is 27.4 Å². The van der Waals surface area contributed by atoms with Gasteiger partial charge in [0.15, 0.2) is 0 Å². The van der Waals surface area contributed by atoms with Gasteiger partial charge in [-0.05, 0) is 41.8 Å². The molecule has 1 N–H and O–H groups in total. The van der Waals surface area contributed by atoms with E-state index in [0.29, 0.717) is 17.1 Å². The van der Waals surface area contributed by atoms with Gasteiger partial charge in [-0.3, -0.25) is 4.79 Å². The summed E-state index contributed by atoms with van der Waals surface area (Å²) in [5.41, 5.74) is 3.06. The molecule has 0 spiro atoms. The van der Waals surface area contributed by atoms with Gasteiger partial charge in [-0.1, -0.05) is 23.5 Å². The number of rotatable bonds is 5. The number of pyridine rings is 1. The van der Waals surface area contributed by atoms with Crippen molar-refractivity contribution in [2.45, 2.75) is 13.3 Å². The highest BCUT2D eigenvalue weighted by atomic mass is 32.1. The van der Waals surface area contributed by atoms with Crippen LogP contribution >= 0.6 is 11.3 Å². The number of aromatic nitrogens is 3. The molecule has 0 aliphatic rings. The molecule has 4 rings (SSSR count). The van der Waals surface area contributed by atoms with Crippen LogP contribution in [0, 0.1) is 0 Å². The number of ether oxygens (including phenoxy) is 1. The lowest BCUT2D eigenvalue weighted by Crippen LogP contribution is -2.13. The number of nitrogens with one attached hydrogen (secondary N) is 1. The summed E-state index contributed by atoms with van der Waals surface area (Å²) in [7, 11) is 0. The predicted molar refractivity (Wildman–Crippen MR) is 106 cm³/mol. The summed E-state index contributed by atoms with van der Waals surface area (Å²) in [5, 5.41) is 13.4. The molecule has 28 heavy (non-hydrogen) atoms. The Morgan fingerprint density at radius 1 is 1.14 bits per heavy atom. The van der Waals surface area contributed by atoms with E-state index in [2.05, 4.69) is 20.5 Å². The Morgan fingerprint density at radius 2 is 1.96 bits per heavy atom. The molecule has 0 saturated heterocycles. The van der Waals surface area contributed by atoms with Crippen molar-refractivity contribution in [1.29, 1.82) is 0 Å². The maximum Gasteiger partial charge on any atom is 0.256 e. The molecule has 0 fully saturated rings. The minimum atomic E-state index is -1.41. The van der Waals surface area contributed by atoms with Crippen LogP contribution in [0.25, 0.3) is 21.3 Å². The Hall–Kier alpha value is -3.39. The Bertz CT molecular complexity index is 1110. The van der Waals surface area contributed by atoms with E-state index in [4.69, 9.17) is 4.74 Å². The zero-order valence-electron chi connectivity index (χ0n) is 14.8. The first-order valence-electron chi connectivity index (χ1n) is 8.47. The molecule has 2 heterocycles. The zero-order chi connectivity index (χ0) is 19.5. The van der Waals surface area contributed by atoms with Crippen molar-refractivity contribution < 1.29 is 13.9 Å². The standard InChI is InChI=1S/C20H15FN4O2S/c1-12(21)27-17-6-4-13(5-7-17)19(26)24-18-9-16-8-14(20-25-23-11-28-20)2-3-15(16)10-22-18/h2-12H,1H3,(H,22,24,26). The van der Waals surface area contributed by atoms with E-state index in [1.807, 2.05) is 18.2 Å². The molecule has 6 nitrogen and oxygen atoms in total. The molecule has 2 aromatic carbocycles. The quantitative estimate of drug-likeness (QED) is 0.531. The topological polar surface area (TPSA) is 77.0 Å². The molecule has 0 bridgehead atoms. The van der Waals surface area contributed by atoms with E-state index in [1.54, 1.807) is 42.0 Å². The van der Waals surface area contributed by atoms with E-state index in [9.17, 15) is 9.18 Å². The Labute approximate surface area is 164 Å². The number of alkyl halides is 1. The first kappa shape index (κ1) is 18.0. The Morgan fingerprint density at radius 3 is 2.68 bits per heavy atom. The lowest BCUT2D eigenvalue weighted by atomic mass is 10.1. The predicted octanol–water partition coefficient (Wildman–Crippen LogP) is 4.70. The van der Waals surface area contributed by atoms with Crippen LogP contribution in [0.5, 0.6) is 5.75 Å². The molecule has 0 radical (unpaired) electrons. The summed E-state index contributed by atoms with van der Waals surface area (Å²) in [6.07, 6.45) is 0.292. The van der Waals surface area contributed by atoms with Gasteiger partial charge < -0.3 is 10.1 Å². The van der Waals surface area contributed by atoms with Gasteiger partial charge in [0.1, 0.15) is 22.1 Å². The lowest BCUT2D eigenvalue weighted by molar-refractivity contribution is 0.0860. The second kappa shape index (κ2) is 7.69. The third kappa shape index (κ3) is 3.96. The van der Waals surface area contributed by atoms with Crippen LogP contribution in [0.2, 0.25) is 0 Å². The number of anilines is 1. The summed E-state index contributed by atoms with van der Waals surface area (Å²) in [4.78, 5) is 16.7. The fourth-order valence-corrected chi connectivity index (χ4v) is 3.25. The zero-order valence-corrected chi connectivity index (χ0v) is 15.6. The van der Waals surface area contributed by atoms with Gasteiger partial charge in [0, 0.05) is 29.6 Å². The fraction of sp³-hybridized carbons (Fsp3) is 0.100. The van der Waals surface area contributed by atoms with Crippen LogP contribution in [0.15, 0.2) is 60.2 Å². The Kier molecular flexibility index (Phi) is 4.94. The molecule has 4 aromatic rings. The van der Waals surface area contributed by atoms with Crippen LogP contribution < -0.4 is 10.1 Å². The van der Waals surface area contributed by atoms with Gasteiger partial charge in [0.25, 0.3) is 5.91 Å². The minimum Gasteiger partial charge on any atom is -0.461 e. The maximum absolute atomic E-state index is 12.9. The summed E-state index contributed by atoms with van der Waals surface area (Å²) in [6, 6.07) is 13.9. The molecule has 0 aliphatic carbocycles. The van der Waals surface area contributed by atoms with Gasteiger partial charge in [-0.25, -0.2) is 9.37 Å². The average Bonchev–Trinajstić information content (AvgIpc) is 3.22. The van der Waals surface area contributed by atoms with Crippen molar-refractivity contribution in [2.24, 2.45) is 0 Å². The normalized spacial score (nSPS) is 11.9.